The minimum Gasteiger partial charge on any atom is -0.389 e. The van der Waals surface area contributed by atoms with Crippen LogP contribution in [-0.4, -0.2) is 35.8 Å². The number of anilines is 1. The first-order valence-electron chi connectivity index (χ1n) is 4.51. The van der Waals surface area contributed by atoms with E-state index in [1.54, 1.807) is 0 Å². The minimum absolute atomic E-state index is 0.781. The second-order valence-corrected chi connectivity index (χ2v) is 4.95. The van der Waals surface area contributed by atoms with Gasteiger partial charge in [-0.05, 0) is 12.2 Å². The van der Waals surface area contributed by atoms with Gasteiger partial charge in [-0.2, -0.15) is 0 Å². The molecule has 2 heterocycles. The standard InChI is InChI=1S/C8H13N3OS2/c9-7-5-11(8(13)14-7)6-10-1-3-12-4-2-10/h5H,1-4,6,9H2. The lowest BCUT2D eigenvalue weighted by Gasteiger charge is -2.26. The molecule has 0 atom stereocenters. The molecule has 78 valence electrons. The van der Waals surface area contributed by atoms with Crippen molar-refractivity contribution in [1.82, 2.24) is 9.47 Å². The largest absolute Gasteiger partial charge is 0.389 e. The van der Waals surface area contributed by atoms with Crippen molar-refractivity contribution in [3.63, 3.8) is 0 Å². The first kappa shape index (κ1) is 10.1. The highest BCUT2D eigenvalue weighted by molar-refractivity contribution is 7.73. The Hall–Kier alpha value is -0.430. The topological polar surface area (TPSA) is 43.4 Å². The van der Waals surface area contributed by atoms with E-state index in [-0.39, 0.29) is 0 Å². The van der Waals surface area contributed by atoms with Crippen LogP contribution in [0.2, 0.25) is 0 Å². The van der Waals surface area contributed by atoms with Crippen LogP contribution in [0.15, 0.2) is 6.20 Å². The highest BCUT2D eigenvalue weighted by Crippen LogP contribution is 2.15. The van der Waals surface area contributed by atoms with Gasteiger partial charge in [-0.15, -0.1) is 0 Å². The van der Waals surface area contributed by atoms with Gasteiger partial charge in [-0.1, -0.05) is 11.3 Å². The Morgan fingerprint density at radius 3 is 2.79 bits per heavy atom. The molecule has 1 fully saturated rings. The van der Waals surface area contributed by atoms with Crippen LogP contribution in [0, 0.1) is 3.95 Å². The Bertz CT molecular complexity index is 354. The molecule has 6 heteroatoms. The summed E-state index contributed by atoms with van der Waals surface area (Å²) in [7, 11) is 0. The number of hydrogen-bond acceptors (Lipinski definition) is 5. The van der Waals surface area contributed by atoms with E-state index in [1.165, 1.54) is 11.3 Å². The summed E-state index contributed by atoms with van der Waals surface area (Å²) in [6.07, 6.45) is 1.91. The maximum absolute atomic E-state index is 5.67. The summed E-state index contributed by atoms with van der Waals surface area (Å²) in [6.45, 7) is 4.39. The van der Waals surface area contributed by atoms with Gasteiger partial charge in [0.15, 0.2) is 3.95 Å². The van der Waals surface area contributed by atoms with Crippen molar-refractivity contribution < 1.29 is 4.74 Å². The number of aromatic nitrogens is 1. The van der Waals surface area contributed by atoms with Gasteiger partial charge in [0.1, 0.15) is 5.00 Å². The molecule has 0 spiro atoms. The smallest absolute Gasteiger partial charge is 0.164 e. The zero-order valence-electron chi connectivity index (χ0n) is 7.81. The highest BCUT2D eigenvalue weighted by atomic mass is 32.1. The number of nitrogens with two attached hydrogens (primary N) is 1. The van der Waals surface area contributed by atoms with Gasteiger partial charge in [0.25, 0.3) is 0 Å². The van der Waals surface area contributed by atoms with Crippen molar-refractivity contribution in [2.24, 2.45) is 0 Å². The Kier molecular flexibility index (Phi) is 3.17. The lowest BCUT2D eigenvalue weighted by Crippen LogP contribution is -2.37. The average molecular weight is 231 g/mol. The van der Waals surface area contributed by atoms with E-state index in [0.717, 1.165) is 41.9 Å². The zero-order chi connectivity index (χ0) is 9.97. The monoisotopic (exact) mass is 231 g/mol. The van der Waals surface area contributed by atoms with E-state index in [1.807, 2.05) is 10.8 Å². The molecule has 0 amide bonds. The van der Waals surface area contributed by atoms with Crippen molar-refractivity contribution in [2.45, 2.75) is 6.67 Å². The van der Waals surface area contributed by atoms with Crippen molar-refractivity contribution in [2.75, 3.05) is 32.0 Å². The molecule has 2 N–H and O–H groups in total. The highest BCUT2D eigenvalue weighted by Gasteiger charge is 2.10. The molecule has 0 saturated carbocycles. The fourth-order valence-electron chi connectivity index (χ4n) is 1.45. The zero-order valence-corrected chi connectivity index (χ0v) is 9.44. The molecule has 1 aliphatic rings. The van der Waals surface area contributed by atoms with E-state index in [9.17, 15) is 0 Å². The number of thiazole rings is 1. The van der Waals surface area contributed by atoms with Gasteiger partial charge in [-0.3, -0.25) is 4.90 Å². The third-order valence-corrected chi connectivity index (χ3v) is 3.41. The molecule has 0 bridgehead atoms. The van der Waals surface area contributed by atoms with Gasteiger partial charge in [0.2, 0.25) is 0 Å². The van der Waals surface area contributed by atoms with Crippen LogP contribution in [0.5, 0.6) is 0 Å². The summed E-state index contributed by atoms with van der Waals surface area (Å²) < 4.78 is 8.13. The number of morpholine rings is 1. The Balaban J connectivity index is 2.02. The molecule has 1 saturated heterocycles. The van der Waals surface area contributed by atoms with Crippen LogP contribution in [0.1, 0.15) is 0 Å². The lowest BCUT2D eigenvalue weighted by molar-refractivity contribution is 0.0234. The molecule has 0 aromatic carbocycles. The Labute approximate surface area is 91.9 Å². The predicted octanol–water partition coefficient (Wildman–Crippen LogP) is 1.15. The molecule has 14 heavy (non-hydrogen) atoms. The van der Waals surface area contributed by atoms with Crippen LogP contribution >= 0.6 is 23.6 Å². The third-order valence-electron chi connectivity index (χ3n) is 2.18. The van der Waals surface area contributed by atoms with E-state index in [4.69, 9.17) is 22.7 Å². The van der Waals surface area contributed by atoms with E-state index < -0.39 is 0 Å². The summed E-state index contributed by atoms with van der Waals surface area (Å²) in [5, 5.41) is 0.781. The second kappa shape index (κ2) is 4.39. The van der Waals surface area contributed by atoms with E-state index >= 15 is 0 Å². The maximum atomic E-state index is 5.67. The van der Waals surface area contributed by atoms with Crippen molar-refractivity contribution in [3.8, 4) is 0 Å². The van der Waals surface area contributed by atoms with Crippen LogP contribution in [-0.2, 0) is 11.4 Å². The lowest BCUT2D eigenvalue weighted by atomic mass is 10.4. The fraction of sp³-hybridized carbons (Fsp3) is 0.625. The molecule has 1 aromatic rings. The van der Waals surface area contributed by atoms with Crippen LogP contribution in [0.4, 0.5) is 5.00 Å². The van der Waals surface area contributed by atoms with Gasteiger partial charge in [-0.25, -0.2) is 0 Å². The Morgan fingerprint density at radius 1 is 1.50 bits per heavy atom. The number of nitrogen functional groups attached to an aromatic ring is 1. The first-order valence-corrected chi connectivity index (χ1v) is 5.74. The van der Waals surface area contributed by atoms with Crippen LogP contribution < -0.4 is 5.73 Å². The molecule has 1 aliphatic heterocycles. The van der Waals surface area contributed by atoms with Crippen molar-refractivity contribution >= 4 is 28.6 Å². The SMILES string of the molecule is Nc1cn(CN2CCOCC2)c(=S)s1. The molecule has 0 unspecified atom stereocenters. The number of ether oxygens (including phenoxy) is 1. The molecule has 0 aliphatic carbocycles. The number of nitrogens with zero attached hydrogens (tertiary/aromatic N) is 2. The first-order chi connectivity index (χ1) is 6.75. The second-order valence-electron chi connectivity index (χ2n) is 3.24. The Morgan fingerprint density at radius 2 is 2.21 bits per heavy atom. The maximum Gasteiger partial charge on any atom is 0.164 e. The number of hydrogen-bond donors (Lipinski definition) is 1. The van der Waals surface area contributed by atoms with E-state index in [0.29, 0.717) is 0 Å². The summed E-state index contributed by atoms with van der Waals surface area (Å²) >= 11 is 6.64. The summed E-state index contributed by atoms with van der Waals surface area (Å²) in [6, 6.07) is 0. The van der Waals surface area contributed by atoms with Crippen molar-refractivity contribution in [1.29, 1.82) is 0 Å². The van der Waals surface area contributed by atoms with Gasteiger partial charge < -0.3 is 15.0 Å². The van der Waals surface area contributed by atoms with Gasteiger partial charge in [0.05, 0.1) is 19.9 Å². The normalized spacial score (nSPS) is 18.6. The van der Waals surface area contributed by atoms with Crippen molar-refractivity contribution in [3.05, 3.63) is 10.2 Å². The molecule has 2 rings (SSSR count). The molecular weight excluding hydrogens is 218 g/mol. The van der Waals surface area contributed by atoms with Crippen LogP contribution in [0.3, 0.4) is 0 Å². The van der Waals surface area contributed by atoms with Crippen LogP contribution in [0.25, 0.3) is 0 Å². The molecule has 0 radical (unpaired) electrons. The minimum atomic E-state index is 0.781. The average Bonchev–Trinajstić information content (AvgIpc) is 2.47. The summed E-state index contributed by atoms with van der Waals surface area (Å²) in [4.78, 5) is 2.31. The molecule has 4 nitrogen and oxygen atoms in total. The number of rotatable bonds is 2. The summed E-state index contributed by atoms with van der Waals surface area (Å²) in [5.41, 5.74) is 5.67. The third kappa shape index (κ3) is 2.33. The summed E-state index contributed by atoms with van der Waals surface area (Å²) in [5.74, 6) is 0. The van der Waals surface area contributed by atoms with Gasteiger partial charge in [0, 0.05) is 19.3 Å². The predicted molar refractivity (Wildman–Crippen MR) is 59.9 cm³/mol. The van der Waals surface area contributed by atoms with Gasteiger partial charge >= 0.3 is 0 Å². The quantitative estimate of drug-likeness (QED) is 0.776. The molecule has 1 aromatic heterocycles. The van der Waals surface area contributed by atoms with E-state index in [2.05, 4.69) is 4.90 Å². The fourth-order valence-corrected chi connectivity index (χ4v) is 2.46. The molecular formula is C8H13N3OS2.